The number of halogens is 3. The second-order valence-electron chi connectivity index (χ2n) is 5.21. The van der Waals surface area contributed by atoms with Gasteiger partial charge in [0, 0.05) is 43.9 Å². The number of methoxy groups -OCH3 is 1. The van der Waals surface area contributed by atoms with E-state index in [4.69, 9.17) is 4.74 Å². The minimum absolute atomic E-state index is 0. The molecule has 0 saturated carbocycles. The van der Waals surface area contributed by atoms with Gasteiger partial charge in [0.25, 0.3) is 0 Å². The number of ether oxygens (including phenoxy) is 1. The van der Waals surface area contributed by atoms with Crippen molar-refractivity contribution in [3.05, 3.63) is 36.2 Å². The summed E-state index contributed by atoms with van der Waals surface area (Å²) in [5, 5.41) is 13.7. The second kappa shape index (κ2) is 10.7. The molecule has 1 aromatic rings. The molecular formula is C16H25Cl2FN2O2. The van der Waals surface area contributed by atoms with E-state index in [0.29, 0.717) is 5.56 Å². The van der Waals surface area contributed by atoms with Gasteiger partial charge in [0.15, 0.2) is 11.5 Å². The first-order valence-corrected chi connectivity index (χ1v) is 7.29. The molecular weight excluding hydrogens is 342 g/mol. The monoisotopic (exact) mass is 366 g/mol. The summed E-state index contributed by atoms with van der Waals surface area (Å²) in [6.45, 7) is 7.30. The number of phenolic OH excluding ortho intramolecular Hbond substituents is 1. The number of phenols is 1. The molecule has 2 rings (SSSR count). The number of hydrogen-bond acceptors (Lipinski definition) is 4. The number of nitrogens with zero attached hydrogens (tertiary/aromatic N) is 1. The first kappa shape index (κ1) is 22.0. The zero-order valence-electron chi connectivity index (χ0n) is 13.3. The van der Waals surface area contributed by atoms with Crippen molar-refractivity contribution in [2.24, 2.45) is 0 Å². The molecule has 0 spiro atoms. The van der Waals surface area contributed by atoms with Gasteiger partial charge in [0.1, 0.15) is 5.82 Å². The lowest BCUT2D eigenvalue weighted by Gasteiger charge is -2.35. The van der Waals surface area contributed by atoms with Crippen molar-refractivity contribution in [2.45, 2.75) is 18.9 Å². The average Bonchev–Trinajstić information content (AvgIpc) is 2.51. The van der Waals surface area contributed by atoms with Crippen molar-refractivity contribution in [3.8, 4) is 11.5 Å². The largest absolute Gasteiger partial charge is 0.504 e. The first-order chi connectivity index (χ1) is 10.2. The molecule has 0 unspecified atom stereocenters. The van der Waals surface area contributed by atoms with Crippen molar-refractivity contribution in [2.75, 3.05) is 33.3 Å². The SMILES string of the molecule is C=CCC[C@H](c1cc(F)cc(OC)c1O)N1CCNCC1.Cl.Cl. The molecule has 132 valence electrons. The third kappa shape index (κ3) is 5.53. The van der Waals surface area contributed by atoms with Crippen molar-refractivity contribution in [1.82, 2.24) is 10.2 Å². The van der Waals surface area contributed by atoms with E-state index in [1.165, 1.54) is 19.2 Å². The average molecular weight is 367 g/mol. The normalized spacial score (nSPS) is 15.9. The quantitative estimate of drug-likeness (QED) is 0.758. The summed E-state index contributed by atoms with van der Waals surface area (Å²) >= 11 is 0. The van der Waals surface area contributed by atoms with E-state index in [2.05, 4.69) is 16.8 Å². The summed E-state index contributed by atoms with van der Waals surface area (Å²) in [4.78, 5) is 2.27. The molecule has 1 aliphatic heterocycles. The number of benzene rings is 1. The summed E-state index contributed by atoms with van der Waals surface area (Å²) in [6, 6.07) is 2.59. The van der Waals surface area contributed by atoms with Crippen molar-refractivity contribution in [1.29, 1.82) is 0 Å². The fourth-order valence-electron chi connectivity index (χ4n) is 2.81. The molecule has 1 fully saturated rings. The summed E-state index contributed by atoms with van der Waals surface area (Å²) in [7, 11) is 1.43. The summed E-state index contributed by atoms with van der Waals surface area (Å²) in [5.41, 5.74) is 0.593. The van der Waals surface area contributed by atoms with E-state index < -0.39 is 5.82 Å². The number of rotatable bonds is 6. The molecule has 2 N–H and O–H groups in total. The van der Waals surface area contributed by atoms with Crippen LogP contribution in [0.3, 0.4) is 0 Å². The number of hydrogen-bond donors (Lipinski definition) is 2. The molecule has 4 nitrogen and oxygen atoms in total. The maximum Gasteiger partial charge on any atom is 0.163 e. The van der Waals surface area contributed by atoms with Crippen LogP contribution in [0.5, 0.6) is 11.5 Å². The van der Waals surface area contributed by atoms with Gasteiger partial charge in [0.05, 0.1) is 7.11 Å². The van der Waals surface area contributed by atoms with Gasteiger partial charge in [-0.1, -0.05) is 6.08 Å². The second-order valence-corrected chi connectivity index (χ2v) is 5.21. The topological polar surface area (TPSA) is 44.7 Å². The molecule has 0 bridgehead atoms. The minimum atomic E-state index is -0.390. The molecule has 0 radical (unpaired) electrons. The van der Waals surface area contributed by atoms with Crippen molar-refractivity contribution < 1.29 is 14.2 Å². The molecule has 23 heavy (non-hydrogen) atoms. The molecule has 0 aromatic heterocycles. The Balaban J connectivity index is 0.00000242. The van der Waals surface area contributed by atoms with Crippen LogP contribution in [0.25, 0.3) is 0 Å². The predicted octanol–water partition coefficient (Wildman–Crippen LogP) is 3.30. The first-order valence-electron chi connectivity index (χ1n) is 7.29. The third-order valence-electron chi connectivity index (χ3n) is 3.88. The summed E-state index contributed by atoms with van der Waals surface area (Å²) in [5.74, 6) is -0.173. The van der Waals surface area contributed by atoms with Crippen LogP contribution in [0, 0.1) is 5.82 Å². The van der Waals surface area contributed by atoms with Crippen LogP contribution in [0.15, 0.2) is 24.8 Å². The standard InChI is InChI=1S/C16H23FN2O2.2ClH/c1-3-4-5-14(19-8-6-18-7-9-19)13-10-12(17)11-15(21-2)16(13)20;;/h3,10-11,14,18,20H,1,4-9H2,2H3;2*1H/t14-;;/m1../s1. The van der Waals surface area contributed by atoms with Crippen molar-refractivity contribution in [3.63, 3.8) is 0 Å². The number of allylic oxidation sites excluding steroid dienone is 1. The van der Waals surface area contributed by atoms with Crippen LogP contribution in [0.2, 0.25) is 0 Å². The maximum absolute atomic E-state index is 13.8. The van der Waals surface area contributed by atoms with Gasteiger partial charge in [-0.25, -0.2) is 4.39 Å². The van der Waals surface area contributed by atoms with Gasteiger partial charge in [-0.2, -0.15) is 0 Å². The fraction of sp³-hybridized carbons (Fsp3) is 0.500. The lowest BCUT2D eigenvalue weighted by Crippen LogP contribution is -2.45. The molecule has 1 saturated heterocycles. The zero-order chi connectivity index (χ0) is 15.2. The van der Waals surface area contributed by atoms with Crippen LogP contribution in [0.4, 0.5) is 4.39 Å². The number of aromatic hydroxyl groups is 1. The van der Waals surface area contributed by atoms with Gasteiger partial charge in [-0.3, -0.25) is 4.90 Å². The molecule has 1 atom stereocenters. The van der Waals surface area contributed by atoms with E-state index >= 15 is 0 Å². The Kier molecular flexibility index (Phi) is 10.2. The molecule has 0 aliphatic carbocycles. The van der Waals surface area contributed by atoms with Gasteiger partial charge in [0.2, 0.25) is 0 Å². The zero-order valence-corrected chi connectivity index (χ0v) is 14.9. The highest BCUT2D eigenvalue weighted by atomic mass is 35.5. The Hall–Kier alpha value is -1.01. The van der Waals surface area contributed by atoms with Crippen LogP contribution >= 0.6 is 24.8 Å². The Labute approximate surface area is 149 Å². The highest BCUT2D eigenvalue weighted by molar-refractivity contribution is 5.85. The van der Waals surface area contributed by atoms with E-state index in [1.807, 2.05) is 6.08 Å². The van der Waals surface area contributed by atoms with Crippen LogP contribution in [0.1, 0.15) is 24.4 Å². The molecule has 0 amide bonds. The van der Waals surface area contributed by atoms with E-state index in [-0.39, 0.29) is 42.4 Å². The van der Waals surface area contributed by atoms with E-state index in [1.54, 1.807) is 0 Å². The lowest BCUT2D eigenvalue weighted by atomic mass is 9.98. The molecule has 7 heteroatoms. The van der Waals surface area contributed by atoms with Crippen molar-refractivity contribution >= 4 is 24.8 Å². The van der Waals surface area contributed by atoms with Gasteiger partial charge in [-0.15, -0.1) is 31.4 Å². The van der Waals surface area contributed by atoms with Gasteiger partial charge >= 0.3 is 0 Å². The highest BCUT2D eigenvalue weighted by Gasteiger charge is 2.26. The molecule has 1 aromatic carbocycles. The maximum atomic E-state index is 13.8. The lowest BCUT2D eigenvalue weighted by molar-refractivity contribution is 0.162. The van der Waals surface area contributed by atoms with Crippen LogP contribution < -0.4 is 10.1 Å². The number of piperazine rings is 1. The minimum Gasteiger partial charge on any atom is -0.504 e. The predicted molar refractivity (Wildman–Crippen MR) is 95.7 cm³/mol. The van der Waals surface area contributed by atoms with Crippen LogP contribution in [-0.2, 0) is 0 Å². The Morgan fingerprint density at radius 1 is 1.39 bits per heavy atom. The molecule has 1 aliphatic rings. The Morgan fingerprint density at radius 3 is 2.61 bits per heavy atom. The Morgan fingerprint density at radius 2 is 2.04 bits per heavy atom. The van der Waals surface area contributed by atoms with Gasteiger partial charge in [-0.05, 0) is 18.9 Å². The van der Waals surface area contributed by atoms with Crippen LogP contribution in [-0.4, -0.2) is 43.3 Å². The van der Waals surface area contributed by atoms with E-state index in [9.17, 15) is 9.50 Å². The smallest absolute Gasteiger partial charge is 0.163 e. The summed E-state index contributed by atoms with van der Waals surface area (Å²) < 4.78 is 18.9. The summed E-state index contributed by atoms with van der Waals surface area (Å²) in [6.07, 6.45) is 3.46. The fourth-order valence-corrected chi connectivity index (χ4v) is 2.81. The van der Waals surface area contributed by atoms with E-state index in [0.717, 1.165) is 39.0 Å². The number of nitrogens with one attached hydrogen (secondary N) is 1. The molecule has 1 heterocycles. The third-order valence-corrected chi connectivity index (χ3v) is 3.88. The Bertz CT molecular complexity index is 497. The highest BCUT2D eigenvalue weighted by Crippen LogP contribution is 2.39. The van der Waals surface area contributed by atoms with Gasteiger partial charge < -0.3 is 15.2 Å².